The fourth-order valence-corrected chi connectivity index (χ4v) is 8.56. The summed E-state index contributed by atoms with van der Waals surface area (Å²) in [5, 5.41) is 12.8. The number of nitrogens with one attached hydrogen (secondary N) is 1. The summed E-state index contributed by atoms with van der Waals surface area (Å²) in [6, 6.07) is 14.4. The molecule has 258 valence electrons. The molecule has 3 aromatic rings. The number of carbonyl (C=O) groups excluding carboxylic acids is 4. The van der Waals surface area contributed by atoms with Crippen molar-refractivity contribution in [3.05, 3.63) is 70.6 Å². The molecular formula is C34H36F2N5O6PS. The number of thiophene rings is 1. The van der Waals surface area contributed by atoms with Crippen LogP contribution in [-0.4, -0.2) is 91.9 Å². The van der Waals surface area contributed by atoms with Crippen molar-refractivity contribution >= 4 is 53.4 Å². The Labute approximate surface area is 287 Å². The number of hydrogen-bond acceptors (Lipinski definition) is 8. The fourth-order valence-electron chi connectivity index (χ4n) is 7.25. The molecule has 0 aliphatic carbocycles. The van der Waals surface area contributed by atoms with E-state index in [4.69, 9.17) is 0 Å². The third kappa shape index (κ3) is 7.03. The highest BCUT2D eigenvalue weighted by atomic mass is 32.1. The summed E-state index contributed by atoms with van der Waals surface area (Å²) in [5.41, 5.74) is -3.42. The summed E-state index contributed by atoms with van der Waals surface area (Å²) >= 11 is 1.01. The van der Waals surface area contributed by atoms with Crippen molar-refractivity contribution < 1.29 is 37.7 Å². The van der Waals surface area contributed by atoms with Gasteiger partial charge in [-0.3, -0.25) is 19.2 Å². The number of nitrogens with zero attached hydrogens (tertiary/aromatic N) is 4. The Morgan fingerprint density at radius 3 is 2.53 bits per heavy atom. The number of carbonyl (C=O) groups is 4. The Balaban J connectivity index is 1.25. The number of nitriles is 1. The number of likely N-dealkylation sites (tertiary alicyclic amines) is 1. The maximum Gasteiger partial charge on any atom is 0.339 e. The topological polar surface area (TPSA) is 154 Å². The molecule has 3 saturated heterocycles. The third-order valence-corrected chi connectivity index (χ3v) is 11.6. The number of fused-ring (bicyclic) bond motifs is 2. The quantitative estimate of drug-likeness (QED) is 0.314. The van der Waals surface area contributed by atoms with Gasteiger partial charge >= 0.3 is 5.66 Å². The van der Waals surface area contributed by atoms with Gasteiger partial charge in [-0.1, -0.05) is 36.4 Å². The van der Waals surface area contributed by atoms with Gasteiger partial charge in [0.2, 0.25) is 26.1 Å². The van der Waals surface area contributed by atoms with Crippen molar-refractivity contribution in [2.45, 2.75) is 68.9 Å². The van der Waals surface area contributed by atoms with Gasteiger partial charge in [0.15, 0.2) is 0 Å². The summed E-state index contributed by atoms with van der Waals surface area (Å²) in [7, 11) is -3.57. The van der Waals surface area contributed by atoms with E-state index in [2.05, 4.69) is 11.4 Å². The third-order valence-electron chi connectivity index (χ3n) is 9.76. The first-order chi connectivity index (χ1) is 23.4. The molecule has 15 heteroatoms. The Morgan fingerprint density at radius 2 is 1.84 bits per heavy atom. The van der Waals surface area contributed by atoms with Gasteiger partial charge in [-0.25, -0.2) is 0 Å². The molecule has 2 aromatic carbocycles. The molecule has 3 aliphatic heterocycles. The predicted octanol–water partition coefficient (Wildman–Crippen LogP) is 3.94. The van der Waals surface area contributed by atoms with E-state index >= 15 is 0 Å². The minimum Gasteiger partial charge on any atom is -0.346 e. The summed E-state index contributed by atoms with van der Waals surface area (Å²) in [6.07, 6.45) is 2.53. The van der Waals surface area contributed by atoms with E-state index in [9.17, 15) is 43.0 Å². The maximum atomic E-state index is 14.4. The average molecular weight is 712 g/mol. The van der Waals surface area contributed by atoms with E-state index in [1.165, 1.54) is 24.0 Å². The molecule has 1 aromatic heterocycles. The monoisotopic (exact) mass is 711 g/mol. The van der Waals surface area contributed by atoms with E-state index in [1.807, 2.05) is 30.3 Å². The van der Waals surface area contributed by atoms with Crippen molar-refractivity contribution in [2.24, 2.45) is 5.92 Å². The van der Waals surface area contributed by atoms with Crippen molar-refractivity contribution in [1.29, 1.82) is 5.26 Å². The lowest BCUT2D eigenvalue weighted by Crippen LogP contribution is -2.61. The molecule has 3 fully saturated rings. The maximum absolute atomic E-state index is 14.4. The van der Waals surface area contributed by atoms with Gasteiger partial charge in [0.05, 0.1) is 16.9 Å². The normalized spacial score (nSPS) is 24.5. The second kappa shape index (κ2) is 14.1. The number of alkyl halides is 2. The van der Waals surface area contributed by atoms with Gasteiger partial charge in [0.25, 0.3) is 5.91 Å². The van der Waals surface area contributed by atoms with Crippen LogP contribution in [0.4, 0.5) is 8.78 Å². The molecular weight excluding hydrogens is 675 g/mol. The highest BCUT2D eigenvalue weighted by molar-refractivity contribution is 7.46. The van der Waals surface area contributed by atoms with Crippen LogP contribution in [0, 0.1) is 17.2 Å². The Bertz CT molecular complexity index is 1800. The van der Waals surface area contributed by atoms with E-state index in [1.54, 1.807) is 9.80 Å². The van der Waals surface area contributed by atoms with Gasteiger partial charge in [0, 0.05) is 48.9 Å². The van der Waals surface area contributed by atoms with Gasteiger partial charge in [0.1, 0.15) is 12.1 Å². The van der Waals surface area contributed by atoms with Crippen LogP contribution in [-0.2, 0) is 26.5 Å². The summed E-state index contributed by atoms with van der Waals surface area (Å²) in [5.74, 6) is -1.96. The van der Waals surface area contributed by atoms with Crippen LogP contribution >= 0.6 is 19.7 Å². The van der Waals surface area contributed by atoms with Crippen LogP contribution < -0.4 is 5.32 Å². The van der Waals surface area contributed by atoms with E-state index < -0.39 is 43.5 Å². The number of benzene rings is 2. The zero-order chi connectivity index (χ0) is 35.0. The number of hydrogen-bond donors (Lipinski definition) is 3. The number of amides is 4. The molecule has 49 heavy (non-hydrogen) atoms. The summed E-state index contributed by atoms with van der Waals surface area (Å²) in [4.78, 5) is 78.1. The van der Waals surface area contributed by atoms with Crippen molar-refractivity contribution in [1.82, 2.24) is 20.0 Å². The largest absolute Gasteiger partial charge is 0.346 e. The minimum absolute atomic E-state index is 0.112. The smallest absolute Gasteiger partial charge is 0.339 e. The molecule has 0 bridgehead atoms. The van der Waals surface area contributed by atoms with Crippen molar-refractivity contribution in [3.8, 4) is 6.07 Å². The number of halogens is 2. The van der Waals surface area contributed by atoms with Crippen LogP contribution in [0.25, 0.3) is 10.1 Å². The highest BCUT2D eigenvalue weighted by Gasteiger charge is 2.48. The molecule has 0 saturated carbocycles. The number of rotatable bonds is 7. The second-order valence-electron chi connectivity index (χ2n) is 12.9. The zero-order valence-corrected chi connectivity index (χ0v) is 28.4. The van der Waals surface area contributed by atoms with Crippen LogP contribution in [0.3, 0.4) is 0 Å². The lowest BCUT2D eigenvalue weighted by Gasteiger charge is -2.39. The van der Waals surface area contributed by atoms with Gasteiger partial charge in [-0.15, -0.1) is 11.3 Å². The standard InChI is InChI=1S/C34H36F2N5O6PS/c1-20(42)39-12-11-25-8-9-28(33(45)40-18-22(17-37)14-26(40)13-21-5-3-2-4-6-21)41(25)32(44)27(19-39)38-31(43)30-16-23-15-24(7-10-29(23)49-30)34(35,36)48(46)47/h2-7,10,15-16,22,25-28,46-47H,8-9,11-14,18-19H2,1H3,(H,38,43)/t22-,25+,26-,27-,28-/m0/s1. The second-order valence-corrected chi connectivity index (χ2v) is 15.1. The molecule has 3 aliphatic rings. The molecule has 0 spiro atoms. The molecule has 4 heterocycles. The Kier molecular flexibility index (Phi) is 10.0. The predicted molar refractivity (Wildman–Crippen MR) is 178 cm³/mol. The lowest BCUT2D eigenvalue weighted by atomic mass is 10.0. The van der Waals surface area contributed by atoms with Crippen LogP contribution in [0.2, 0.25) is 0 Å². The van der Waals surface area contributed by atoms with Gasteiger partial charge in [-0.2, -0.15) is 14.0 Å². The molecule has 0 radical (unpaired) electrons. The van der Waals surface area contributed by atoms with Crippen LogP contribution in [0.5, 0.6) is 0 Å². The SMILES string of the molecule is CC(=O)N1CC[C@H]2CC[C@@H](C(=O)N3C[C@H](C#N)C[C@@H]3Cc3ccccc3)N2C(=O)[C@@H](NC(=O)c2cc3cc(C(F)(F)P(O)O)ccc3s2)C1. The Morgan fingerprint density at radius 1 is 1.08 bits per heavy atom. The van der Waals surface area contributed by atoms with Crippen molar-refractivity contribution in [3.63, 3.8) is 0 Å². The lowest BCUT2D eigenvalue weighted by molar-refractivity contribution is -0.149. The molecule has 3 N–H and O–H groups in total. The molecule has 5 atom stereocenters. The van der Waals surface area contributed by atoms with Crippen LogP contribution in [0.15, 0.2) is 54.6 Å². The summed E-state index contributed by atoms with van der Waals surface area (Å²) in [6.45, 7) is 1.87. The molecule has 0 unspecified atom stereocenters. The van der Waals surface area contributed by atoms with E-state index in [0.717, 1.165) is 29.0 Å². The Hall–Kier alpha value is -4.02. The molecule has 4 amide bonds. The van der Waals surface area contributed by atoms with Crippen LogP contribution in [0.1, 0.15) is 53.4 Å². The highest BCUT2D eigenvalue weighted by Crippen LogP contribution is 2.53. The first-order valence-corrected chi connectivity index (χ1v) is 18.2. The van der Waals surface area contributed by atoms with E-state index in [0.29, 0.717) is 43.3 Å². The fraction of sp³-hybridized carbons (Fsp3) is 0.441. The molecule has 6 rings (SSSR count). The van der Waals surface area contributed by atoms with Crippen molar-refractivity contribution in [2.75, 3.05) is 19.6 Å². The average Bonchev–Trinajstić information content (AvgIpc) is 3.81. The van der Waals surface area contributed by atoms with E-state index in [-0.39, 0.29) is 53.2 Å². The molecule has 11 nitrogen and oxygen atoms in total. The first-order valence-electron chi connectivity index (χ1n) is 16.1. The van der Waals surface area contributed by atoms with Gasteiger partial charge < -0.3 is 29.8 Å². The summed E-state index contributed by atoms with van der Waals surface area (Å²) < 4.78 is 29.1. The first kappa shape index (κ1) is 34.8. The van der Waals surface area contributed by atoms with Gasteiger partial charge in [-0.05, 0) is 61.3 Å². The minimum atomic E-state index is -3.86. The zero-order valence-electron chi connectivity index (χ0n) is 26.7.